The zero-order valence-corrected chi connectivity index (χ0v) is 24.7. The SMILES string of the molecule is CNC(=O)c1c(-c2ccc(OC(F)F)nc2)oc2cc(N(C)C)c(-c3ccc4c(n3)-c3cc5c(F)cccc5n3C(CO)O4)cc12. The Labute approximate surface area is 259 Å². The minimum atomic E-state index is -3.03. The molecule has 1 amide bonds. The molecular formula is C33H26F3N5O5. The number of aliphatic hydroxyl groups excluding tert-OH is 1. The zero-order chi connectivity index (χ0) is 32.3. The van der Waals surface area contributed by atoms with Crippen LogP contribution in [0.2, 0.25) is 0 Å². The second-order valence-electron chi connectivity index (χ2n) is 10.8. The number of hydrogen-bond donors (Lipinski definition) is 2. The number of ether oxygens (including phenoxy) is 2. The number of furan rings is 1. The molecule has 1 atom stereocenters. The van der Waals surface area contributed by atoms with Crippen molar-refractivity contribution in [2.75, 3.05) is 32.6 Å². The molecule has 1 unspecified atom stereocenters. The van der Waals surface area contributed by atoms with Gasteiger partial charge in [0.05, 0.1) is 29.1 Å². The van der Waals surface area contributed by atoms with Crippen LogP contribution in [0.15, 0.2) is 71.3 Å². The first-order valence-electron chi connectivity index (χ1n) is 14.2. The van der Waals surface area contributed by atoms with Gasteiger partial charge in [0, 0.05) is 67.1 Å². The number of aromatic nitrogens is 3. The number of rotatable bonds is 7. The monoisotopic (exact) mass is 629 g/mol. The standard InChI is InChI=1S/C33H26F3N5O5/c1-37-32(43)29-19-11-18(23(40(2)3)13-26(19)45-31(29)16-7-10-27(38-14-16)46-33(35)36)21-8-9-25-30(39-21)24-12-17-20(34)5-4-6-22(17)41(24)28(15-42)44-25/h4-14,28,33,42H,15H2,1-3H3,(H,37,43). The van der Waals surface area contributed by atoms with E-state index < -0.39 is 24.6 Å². The van der Waals surface area contributed by atoms with Crippen LogP contribution in [0.3, 0.4) is 0 Å². The molecule has 0 aliphatic carbocycles. The van der Waals surface area contributed by atoms with Crippen molar-refractivity contribution in [1.82, 2.24) is 19.9 Å². The number of carbonyl (C=O) groups is 1. The molecule has 234 valence electrons. The third-order valence-corrected chi connectivity index (χ3v) is 7.86. The van der Waals surface area contributed by atoms with E-state index in [-0.39, 0.29) is 23.8 Å². The van der Waals surface area contributed by atoms with Crippen molar-refractivity contribution >= 4 is 33.5 Å². The van der Waals surface area contributed by atoms with Crippen LogP contribution in [0.5, 0.6) is 11.6 Å². The lowest BCUT2D eigenvalue weighted by molar-refractivity contribution is -0.0528. The largest absolute Gasteiger partial charge is 0.465 e. The van der Waals surface area contributed by atoms with Crippen LogP contribution >= 0.6 is 0 Å². The summed E-state index contributed by atoms with van der Waals surface area (Å²) in [6.45, 7) is -3.36. The van der Waals surface area contributed by atoms with Crippen molar-refractivity contribution in [2.24, 2.45) is 0 Å². The van der Waals surface area contributed by atoms with Crippen LogP contribution in [0.4, 0.5) is 18.9 Å². The Morgan fingerprint density at radius 2 is 1.96 bits per heavy atom. The number of nitrogens with one attached hydrogen (secondary N) is 1. The van der Waals surface area contributed by atoms with Crippen molar-refractivity contribution in [3.05, 3.63) is 78.2 Å². The molecule has 2 aromatic carbocycles. The van der Waals surface area contributed by atoms with E-state index in [1.54, 1.807) is 47.0 Å². The Kier molecular flexibility index (Phi) is 7.04. The lowest BCUT2D eigenvalue weighted by Gasteiger charge is -2.28. The van der Waals surface area contributed by atoms with E-state index in [1.165, 1.54) is 31.4 Å². The number of carbonyl (C=O) groups excluding carboxylic acids is 1. The number of amides is 1. The van der Waals surface area contributed by atoms with E-state index in [9.17, 15) is 23.1 Å². The van der Waals surface area contributed by atoms with Gasteiger partial charge in [-0.1, -0.05) is 6.07 Å². The normalized spacial score (nSPS) is 13.9. The molecular weight excluding hydrogens is 603 g/mol. The summed E-state index contributed by atoms with van der Waals surface area (Å²) in [6, 6.07) is 16.3. The molecule has 0 saturated heterocycles. The van der Waals surface area contributed by atoms with Crippen LogP contribution in [0, 0.1) is 5.82 Å². The zero-order valence-electron chi connectivity index (χ0n) is 24.7. The predicted octanol–water partition coefficient (Wildman–Crippen LogP) is 6.23. The quantitative estimate of drug-likeness (QED) is 0.214. The minimum absolute atomic E-state index is 0.195. The summed E-state index contributed by atoms with van der Waals surface area (Å²) in [5, 5.41) is 13.6. The fourth-order valence-corrected chi connectivity index (χ4v) is 5.84. The fraction of sp³-hybridized carbons (Fsp3) is 0.182. The fourth-order valence-electron chi connectivity index (χ4n) is 5.84. The lowest BCUT2D eigenvalue weighted by Crippen LogP contribution is -2.24. The number of fused-ring (bicyclic) bond motifs is 6. The van der Waals surface area contributed by atoms with Gasteiger partial charge in [-0.2, -0.15) is 8.78 Å². The van der Waals surface area contributed by atoms with Gasteiger partial charge in [-0.05, 0) is 42.5 Å². The molecule has 0 saturated carbocycles. The van der Waals surface area contributed by atoms with E-state index in [4.69, 9.17) is 14.1 Å². The van der Waals surface area contributed by atoms with Gasteiger partial charge < -0.3 is 33.8 Å². The molecule has 1 aliphatic heterocycles. The number of aliphatic hydroxyl groups is 1. The molecule has 5 heterocycles. The first kappa shape index (κ1) is 29.2. The summed E-state index contributed by atoms with van der Waals surface area (Å²) in [7, 11) is 5.20. The van der Waals surface area contributed by atoms with Gasteiger partial charge in [-0.3, -0.25) is 4.79 Å². The van der Waals surface area contributed by atoms with Gasteiger partial charge in [0.15, 0.2) is 6.23 Å². The smallest absolute Gasteiger partial charge is 0.388 e. The van der Waals surface area contributed by atoms with Crippen LogP contribution in [-0.4, -0.2) is 59.9 Å². The van der Waals surface area contributed by atoms with E-state index in [0.29, 0.717) is 55.8 Å². The molecule has 1 aliphatic rings. The van der Waals surface area contributed by atoms with Crippen molar-refractivity contribution in [2.45, 2.75) is 12.8 Å². The first-order chi connectivity index (χ1) is 22.2. The van der Waals surface area contributed by atoms with E-state index in [1.807, 2.05) is 19.0 Å². The Morgan fingerprint density at radius 3 is 2.65 bits per heavy atom. The Hall–Kier alpha value is -5.56. The molecule has 7 rings (SSSR count). The van der Waals surface area contributed by atoms with Crippen LogP contribution in [-0.2, 0) is 0 Å². The second-order valence-corrected chi connectivity index (χ2v) is 10.8. The van der Waals surface area contributed by atoms with Gasteiger partial charge in [-0.15, -0.1) is 0 Å². The molecule has 46 heavy (non-hydrogen) atoms. The van der Waals surface area contributed by atoms with E-state index >= 15 is 0 Å². The topological polar surface area (TPSA) is 115 Å². The van der Waals surface area contributed by atoms with Gasteiger partial charge in [0.1, 0.15) is 28.6 Å². The van der Waals surface area contributed by atoms with Crippen molar-refractivity contribution in [3.8, 4) is 45.6 Å². The van der Waals surface area contributed by atoms with Gasteiger partial charge in [0.2, 0.25) is 5.88 Å². The van der Waals surface area contributed by atoms with Crippen LogP contribution in [0.25, 0.3) is 55.8 Å². The van der Waals surface area contributed by atoms with Gasteiger partial charge >= 0.3 is 6.61 Å². The maximum atomic E-state index is 14.8. The molecule has 6 aromatic rings. The van der Waals surface area contributed by atoms with E-state index in [2.05, 4.69) is 15.0 Å². The summed E-state index contributed by atoms with van der Waals surface area (Å²) >= 11 is 0. The molecule has 2 N–H and O–H groups in total. The molecule has 13 heteroatoms. The second kappa shape index (κ2) is 11.1. The number of nitrogens with zero attached hydrogens (tertiary/aromatic N) is 4. The Bertz CT molecular complexity index is 2140. The highest BCUT2D eigenvalue weighted by Crippen LogP contribution is 2.45. The highest BCUT2D eigenvalue weighted by molar-refractivity contribution is 6.12. The number of pyridine rings is 2. The highest BCUT2D eigenvalue weighted by Gasteiger charge is 2.30. The number of hydrogen-bond acceptors (Lipinski definition) is 8. The minimum Gasteiger partial charge on any atom is -0.465 e. The summed E-state index contributed by atoms with van der Waals surface area (Å²) in [5.41, 5.74) is 4.52. The summed E-state index contributed by atoms with van der Waals surface area (Å²) in [4.78, 5) is 24.0. The molecule has 10 nitrogen and oxygen atoms in total. The molecule has 0 radical (unpaired) electrons. The Balaban J connectivity index is 1.41. The summed E-state index contributed by atoms with van der Waals surface area (Å²) in [5.74, 6) is -0.491. The first-order valence-corrected chi connectivity index (χ1v) is 14.2. The van der Waals surface area contributed by atoms with Crippen LogP contribution in [0.1, 0.15) is 16.6 Å². The third kappa shape index (κ3) is 4.67. The molecule has 0 bridgehead atoms. The number of halogens is 3. The highest BCUT2D eigenvalue weighted by atomic mass is 19.3. The average Bonchev–Trinajstić information content (AvgIpc) is 3.63. The summed E-state index contributed by atoms with van der Waals surface area (Å²) in [6.07, 6.45) is 0.524. The van der Waals surface area contributed by atoms with E-state index in [0.717, 1.165) is 5.69 Å². The molecule has 4 aromatic heterocycles. The van der Waals surface area contributed by atoms with Crippen molar-refractivity contribution < 1.29 is 37.0 Å². The Morgan fingerprint density at radius 1 is 1.13 bits per heavy atom. The maximum absolute atomic E-state index is 14.8. The van der Waals surface area contributed by atoms with Crippen molar-refractivity contribution in [3.63, 3.8) is 0 Å². The third-order valence-electron chi connectivity index (χ3n) is 7.86. The molecule has 0 fully saturated rings. The van der Waals surface area contributed by atoms with Crippen molar-refractivity contribution in [1.29, 1.82) is 0 Å². The summed E-state index contributed by atoms with van der Waals surface area (Å²) < 4.78 is 58.5. The van der Waals surface area contributed by atoms with Gasteiger partial charge in [-0.25, -0.2) is 14.4 Å². The number of alkyl halides is 2. The lowest BCUT2D eigenvalue weighted by atomic mass is 10.0. The molecule has 0 spiro atoms. The number of anilines is 1. The average molecular weight is 630 g/mol. The predicted molar refractivity (Wildman–Crippen MR) is 165 cm³/mol. The maximum Gasteiger partial charge on any atom is 0.388 e. The number of benzene rings is 2. The van der Waals surface area contributed by atoms with Gasteiger partial charge in [0.25, 0.3) is 5.91 Å². The van der Waals surface area contributed by atoms with Crippen LogP contribution < -0.4 is 19.7 Å².